The summed E-state index contributed by atoms with van der Waals surface area (Å²) in [4.78, 5) is 12.3. The van der Waals surface area contributed by atoms with Crippen LogP contribution in [-0.4, -0.2) is 41.8 Å². The molecule has 0 radical (unpaired) electrons. The summed E-state index contributed by atoms with van der Waals surface area (Å²) >= 11 is 0. The van der Waals surface area contributed by atoms with E-state index in [-0.39, 0.29) is 13.2 Å². The highest BCUT2D eigenvalue weighted by Crippen LogP contribution is 2.41. The third-order valence-electron chi connectivity index (χ3n) is 3.96. The molecule has 1 aromatic rings. The number of alkyl halides is 3. The number of ether oxygens (including phenoxy) is 1. The SMILES string of the molecule is O=C(N1C[C@]2(Cc3ccccc3)C[C@H]1CO2)C(F)(F)F. The first kappa shape index (κ1) is 13.4. The maximum Gasteiger partial charge on any atom is 0.471 e. The van der Waals surface area contributed by atoms with Gasteiger partial charge in [0, 0.05) is 12.8 Å². The molecule has 0 N–H and O–H groups in total. The molecule has 6 heteroatoms. The molecule has 2 atom stereocenters. The Morgan fingerprint density at radius 2 is 2.05 bits per heavy atom. The van der Waals surface area contributed by atoms with E-state index in [9.17, 15) is 18.0 Å². The molecule has 2 bridgehead atoms. The molecule has 0 saturated carbocycles. The van der Waals surface area contributed by atoms with E-state index in [0.29, 0.717) is 12.8 Å². The summed E-state index contributed by atoms with van der Waals surface area (Å²) in [6.07, 6.45) is -3.80. The van der Waals surface area contributed by atoms with Gasteiger partial charge in [0.25, 0.3) is 0 Å². The number of hydrogen-bond donors (Lipinski definition) is 0. The van der Waals surface area contributed by atoms with Crippen LogP contribution in [0.25, 0.3) is 0 Å². The minimum absolute atomic E-state index is 0.0188. The number of nitrogens with zero attached hydrogens (tertiary/aromatic N) is 1. The van der Waals surface area contributed by atoms with Crippen LogP contribution < -0.4 is 0 Å². The lowest BCUT2D eigenvalue weighted by Gasteiger charge is -2.33. The highest BCUT2D eigenvalue weighted by Gasteiger charge is 2.56. The fourth-order valence-corrected chi connectivity index (χ4v) is 3.12. The van der Waals surface area contributed by atoms with Crippen LogP contribution in [0.1, 0.15) is 12.0 Å². The fourth-order valence-electron chi connectivity index (χ4n) is 3.12. The Kier molecular flexibility index (Phi) is 3.01. The van der Waals surface area contributed by atoms with Crippen LogP contribution in [0.4, 0.5) is 13.2 Å². The van der Waals surface area contributed by atoms with Crippen molar-refractivity contribution < 1.29 is 22.7 Å². The van der Waals surface area contributed by atoms with Gasteiger partial charge in [-0.25, -0.2) is 0 Å². The first-order valence-electron chi connectivity index (χ1n) is 6.45. The summed E-state index contributed by atoms with van der Waals surface area (Å²) < 4.78 is 43.3. The number of amides is 1. The van der Waals surface area contributed by atoms with Crippen LogP contribution in [0.3, 0.4) is 0 Å². The smallest absolute Gasteiger partial charge is 0.371 e. The molecule has 108 valence electrons. The minimum Gasteiger partial charge on any atom is -0.371 e. The molecular weight excluding hydrogens is 271 g/mol. The van der Waals surface area contributed by atoms with E-state index in [1.807, 2.05) is 30.3 Å². The van der Waals surface area contributed by atoms with Crippen LogP contribution in [0.15, 0.2) is 30.3 Å². The average Bonchev–Trinajstić information content (AvgIpc) is 2.95. The molecule has 2 fully saturated rings. The van der Waals surface area contributed by atoms with Crippen molar-refractivity contribution in [2.75, 3.05) is 13.2 Å². The molecule has 2 aliphatic heterocycles. The van der Waals surface area contributed by atoms with Crippen molar-refractivity contribution in [3.63, 3.8) is 0 Å². The van der Waals surface area contributed by atoms with Gasteiger partial charge in [-0.3, -0.25) is 4.79 Å². The number of likely N-dealkylation sites (tertiary alicyclic amines) is 1. The molecule has 1 aromatic carbocycles. The van der Waals surface area contributed by atoms with Gasteiger partial charge in [0.1, 0.15) is 0 Å². The number of fused-ring (bicyclic) bond motifs is 2. The van der Waals surface area contributed by atoms with E-state index >= 15 is 0 Å². The Labute approximate surface area is 114 Å². The third kappa shape index (κ3) is 2.28. The van der Waals surface area contributed by atoms with Gasteiger partial charge in [-0.2, -0.15) is 13.2 Å². The van der Waals surface area contributed by atoms with Crippen LogP contribution >= 0.6 is 0 Å². The van der Waals surface area contributed by atoms with E-state index in [1.54, 1.807) is 0 Å². The maximum atomic E-state index is 12.5. The zero-order valence-electron chi connectivity index (χ0n) is 10.7. The number of rotatable bonds is 2. The number of carbonyl (C=O) groups excluding carboxylic acids is 1. The number of morpholine rings is 1. The van der Waals surface area contributed by atoms with Crippen molar-refractivity contribution in [1.29, 1.82) is 0 Å². The predicted octanol–water partition coefficient (Wildman–Crippen LogP) is 2.16. The predicted molar refractivity (Wildman–Crippen MR) is 65.0 cm³/mol. The summed E-state index contributed by atoms with van der Waals surface area (Å²) in [5, 5.41) is 0. The lowest BCUT2D eigenvalue weighted by atomic mass is 9.94. The molecule has 20 heavy (non-hydrogen) atoms. The Hall–Kier alpha value is -1.56. The number of halogens is 3. The van der Waals surface area contributed by atoms with Gasteiger partial charge in [0.15, 0.2) is 0 Å². The van der Waals surface area contributed by atoms with Crippen LogP contribution in [-0.2, 0) is 16.0 Å². The summed E-state index contributed by atoms with van der Waals surface area (Å²) in [6.45, 7) is 0.208. The Balaban J connectivity index is 1.76. The van der Waals surface area contributed by atoms with Crippen LogP contribution in [0.2, 0.25) is 0 Å². The van der Waals surface area contributed by atoms with Crippen molar-refractivity contribution in [1.82, 2.24) is 4.90 Å². The van der Waals surface area contributed by atoms with Gasteiger partial charge < -0.3 is 9.64 Å². The first-order chi connectivity index (χ1) is 9.40. The number of hydrogen-bond acceptors (Lipinski definition) is 2. The summed E-state index contributed by atoms with van der Waals surface area (Å²) in [5.41, 5.74) is 0.349. The molecule has 2 heterocycles. The second-order valence-corrected chi connectivity index (χ2v) is 5.45. The van der Waals surface area contributed by atoms with Crippen molar-refractivity contribution in [3.05, 3.63) is 35.9 Å². The Bertz CT molecular complexity index is 517. The van der Waals surface area contributed by atoms with Gasteiger partial charge in [-0.1, -0.05) is 30.3 Å². The maximum absolute atomic E-state index is 12.5. The standard InChI is InChI=1S/C14H14F3NO2/c15-14(16,17)12(19)18-9-13(7-11(18)8-20-13)6-10-4-2-1-3-5-10/h1-5,11H,6-9H2/t11-,13-/m0/s1. The van der Waals surface area contributed by atoms with Crippen molar-refractivity contribution in [2.45, 2.75) is 30.7 Å². The largest absolute Gasteiger partial charge is 0.471 e. The normalized spacial score (nSPS) is 28.9. The second-order valence-electron chi connectivity index (χ2n) is 5.45. The minimum atomic E-state index is -4.81. The van der Waals surface area contributed by atoms with E-state index in [1.165, 1.54) is 0 Å². The van der Waals surface area contributed by atoms with Crippen LogP contribution in [0.5, 0.6) is 0 Å². The van der Waals surface area contributed by atoms with Gasteiger partial charge >= 0.3 is 12.1 Å². The van der Waals surface area contributed by atoms with Crippen molar-refractivity contribution in [2.24, 2.45) is 0 Å². The monoisotopic (exact) mass is 285 g/mol. The number of carbonyl (C=O) groups is 1. The first-order valence-corrected chi connectivity index (χ1v) is 6.45. The average molecular weight is 285 g/mol. The molecule has 0 aliphatic carbocycles. The van der Waals surface area contributed by atoms with Gasteiger partial charge in [0.05, 0.1) is 24.8 Å². The molecule has 3 rings (SSSR count). The highest BCUT2D eigenvalue weighted by molar-refractivity contribution is 5.82. The molecule has 0 spiro atoms. The van der Waals surface area contributed by atoms with Gasteiger partial charge in [0.2, 0.25) is 0 Å². The fraction of sp³-hybridized carbons (Fsp3) is 0.500. The van der Waals surface area contributed by atoms with Crippen LogP contribution in [0, 0.1) is 0 Å². The molecular formula is C14H14F3NO2. The highest BCUT2D eigenvalue weighted by atomic mass is 19.4. The van der Waals surface area contributed by atoms with E-state index < -0.39 is 23.7 Å². The lowest BCUT2D eigenvalue weighted by molar-refractivity contribution is -0.191. The zero-order chi connectivity index (χ0) is 14.4. The molecule has 1 amide bonds. The summed E-state index contributed by atoms with van der Waals surface area (Å²) in [6, 6.07) is 9.03. The zero-order valence-corrected chi connectivity index (χ0v) is 10.7. The quantitative estimate of drug-likeness (QED) is 0.833. The second kappa shape index (κ2) is 4.48. The lowest BCUT2D eigenvalue weighted by Crippen LogP contribution is -2.50. The molecule has 3 nitrogen and oxygen atoms in total. The molecule has 0 unspecified atom stereocenters. The molecule has 2 aliphatic rings. The Morgan fingerprint density at radius 3 is 2.70 bits per heavy atom. The van der Waals surface area contributed by atoms with Gasteiger partial charge in [-0.05, 0) is 5.56 Å². The summed E-state index contributed by atoms with van der Waals surface area (Å²) in [7, 11) is 0. The molecule has 0 aromatic heterocycles. The van der Waals surface area contributed by atoms with Crippen molar-refractivity contribution >= 4 is 5.91 Å². The van der Waals surface area contributed by atoms with E-state index in [0.717, 1.165) is 10.5 Å². The van der Waals surface area contributed by atoms with E-state index in [4.69, 9.17) is 4.74 Å². The third-order valence-corrected chi connectivity index (χ3v) is 3.96. The summed E-state index contributed by atoms with van der Waals surface area (Å²) in [5.74, 6) is -1.75. The topological polar surface area (TPSA) is 29.5 Å². The Morgan fingerprint density at radius 1 is 1.35 bits per heavy atom. The number of benzene rings is 1. The molecule has 2 saturated heterocycles. The van der Waals surface area contributed by atoms with E-state index in [2.05, 4.69) is 0 Å². The van der Waals surface area contributed by atoms with Gasteiger partial charge in [-0.15, -0.1) is 0 Å². The van der Waals surface area contributed by atoms with Crippen molar-refractivity contribution in [3.8, 4) is 0 Å².